The molecule has 0 saturated carbocycles. The molecule has 2 rings (SSSR count). The highest BCUT2D eigenvalue weighted by Crippen LogP contribution is 2.29. The van der Waals surface area contributed by atoms with Crippen LogP contribution in [0, 0.1) is 25.7 Å². The summed E-state index contributed by atoms with van der Waals surface area (Å²) in [6.45, 7) is 7.85. The van der Waals surface area contributed by atoms with Crippen molar-refractivity contribution < 1.29 is 14.3 Å². The molecule has 1 aromatic carbocycles. The molecule has 0 radical (unpaired) electrons. The van der Waals surface area contributed by atoms with Crippen LogP contribution in [0.3, 0.4) is 0 Å². The van der Waals surface area contributed by atoms with Crippen LogP contribution in [-0.4, -0.2) is 18.0 Å². The van der Waals surface area contributed by atoms with Gasteiger partial charge in [0.25, 0.3) is 0 Å². The molecule has 0 fully saturated rings. The zero-order valence-corrected chi connectivity index (χ0v) is 15.0. The fourth-order valence-corrected chi connectivity index (χ4v) is 2.85. The monoisotopic (exact) mass is 329 g/mol. The van der Waals surface area contributed by atoms with Crippen molar-refractivity contribution in [3.63, 3.8) is 0 Å². The normalized spacial score (nSPS) is 21.2. The molecule has 24 heavy (non-hydrogen) atoms. The van der Waals surface area contributed by atoms with E-state index >= 15 is 0 Å². The summed E-state index contributed by atoms with van der Waals surface area (Å²) in [5.74, 6) is -1.17. The van der Waals surface area contributed by atoms with Gasteiger partial charge in [-0.15, -0.1) is 0 Å². The number of hydrogen-bond donors (Lipinski definition) is 1. The van der Waals surface area contributed by atoms with Crippen LogP contribution in [0.5, 0.6) is 0 Å². The zero-order valence-electron chi connectivity index (χ0n) is 15.0. The van der Waals surface area contributed by atoms with Crippen LogP contribution in [0.4, 0.5) is 5.69 Å². The van der Waals surface area contributed by atoms with Gasteiger partial charge in [0.15, 0.2) is 0 Å². The van der Waals surface area contributed by atoms with E-state index in [2.05, 4.69) is 5.32 Å². The number of allylic oxidation sites excluding steroid dienone is 2. The van der Waals surface area contributed by atoms with Gasteiger partial charge in [0, 0.05) is 5.69 Å². The second kappa shape index (κ2) is 8.13. The fourth-order valence-electron chi connectivity index (χ4n) is 2.85. The number of nitrogens with one attached hydrogen (secondary N) is 1. The van der Waals surface area contributed by atoms with E-state index in [1.54, 1.807) is 0 Å². The standard InChI is InChI=1S/C20H27NO3/c1-5-14(3)24-20(23)17-11-7-6-10-16(17)19(22)21-18-12-8-9-13(2)15(18)4/h6-9,12,14,16-17H,5,10-11H2,1-4H3,(H,21,22)/t14-,16-,17-/m0/s1. The minimum absolute atomic E-state index is 0.112. The third kappa shape index (κ3) is 4.25. The number of esters is 1. The summed E-state index contributed by atoms with van der Waals surface area (Å²) in [6.07, 6.45) is 5.71. The first-order chi connectivity index (χ1) is 11.4. The molecule has 0 bridgehead atoms. The van der Waals surface area contributed by atoms with Crippen molar-refractivity contribution in [1.29, 1.82) is 0 Å². The molecule has 1 aliphatic rings. The van der Waals surface area contributed by atoms with E-state index < -0.39 is 5.92 Å². The lowest BCUT2D eigenvalue weighted by Crippen LogP contribution is -2.36. The van der Waals surface area contributed by atoms with E-state index in [-0.39, 0.29) is 23.9 Å². The summed E-state index contributed by atoms with van der Waals surface area (Å²) >= 11 is 0. The van der Waals surface area contributed by atoms with Crippen LogP contribution in [0.2, 0.25) is 0 Å². The first kappa shape index (κ1) is 18.2. The Morgan fingerprint density at radius 1 is 1.21 bits per heavy atom. The molecule has 1 aliphatic carbocycles. The molecule has 0 aromatic heterocycles. The van der Waals surface area contributed by atoms with E-state index in [4.69, 9.17) is 4.74 Å². The van der Waals surface area contributed by atoms with Gasteiger partial charge < -0.3 is 10.1 Å². The minimum atomic E-state index is -0.408. The number of benzene rings is 1. The Bertz CT molecular complexity index is 636. The highest BCUT2D eigenvalue weighted by molar-refractivity contribution is 5.96. The summed E-state index contributed by atoms with van der Waals surface area (Å²) < 4.78 is 5.46. The number of anilines is 1. The van der Waals surface area contributed by atoms with Crippen LogP contribution >= 0.6 is 0 Å². The van der Waals surface area contributed by atoms with Gasteiger partial charge in [-0.3, -0.25) is 9.59 Å². The number of rotatable bonds is 5. The summed E-state index contributed by atoms with van der Waals surface area (Å²) in [7, 11) is 0. The molecule has 0 spiro atoms. The van der Waals surface area contributed by atoms with E-state index in [0.717, 1.165) is 23.2 Å². The van der Waals surface area contributed by atoms with E-state index in [1.807, 2.05) is 58.0 Å². The predicted octanol–water partition coefficient (Wildman–Crippen LogP) is 4.17. The van der Waals surface area contributed by atoms with Gasteiger partial charge in [0.1, 0.15) is 0 Å². The van der Waals surface area contributed by atoms with Crippen molar-refractivity contribution >= 4 is 17.6 Å². The Kier molecular flexibility index (Phi) is 6.18. The maximum Gasteiger partial charge on any atom is 0.310 e. The number of carbonyl (C=O) groups excluding carboxylic acids is 2. The lowest BCUT2D eigenvalue weighted by molar-refractivity contribution is -0.157. The van der Waals surface area contributed by atoms with Crippen LogP contribution in [-0.2, 0) is 14.3 Å². The van der Waals surface area contributed by atoms with Crippen molar-refractivity contribution in [3.05, 3.63) is 41.5 Å². The molecule has 130 valence electrons. The molecule has 1 aromatic rings. The van der Waals surface area contributed by atoms with Crippen molar-refractivity contribution in [2.45, 2.75) is 53.1 Å². The third-order valence-electron chi connectivity index (χ3n) is 4.83. The molecular formula is C20H27NO3. The molecule has 0 heterocycles. The maximum absolute atomic E-state index is 12.7. The average molecular weight is 329 g/mol. The van der Waals surface area contributed by atoms with Gasteiger partial charge in [-0.2, -0.15) is 0 Å². The van der Waals surface area contributed by atoms with Crippen molar-refractivity contribution in [2.24, 2.45) is 11.8 Å². The summed E-state index contributed by atoms with van der Waals surface area (Å²) in [6, 6.07) is 5.83. The van der Waals surface area contributed by atoms with Crippen molar-refractivity contribution in [1.82, 2.24) is 0 Å². The number of ether oxygens (including phenoxy) is 1. The Balaban J connectivity index is 2.12. The summed E-state index contributed by atoms with van der Waals surface area (Å²) in [5.41, 5.74) is 2.99. The molecule has 3 atom stereocenters. The quantitative estimate of drug-likeness (QED) is 0.652. The number of amides is 1. The summed E-state index contributed by atoms with van der Waals surface area (Å²) in [4.78, 5) is 25.2. The van der Waals surface area contributed by atoms with Crippen LogP contribution in [0.15, 0.2) is 30.4 Å². The molecule has 0 saturated heterocycles. The second-order valence-electron chi connectivity index (χ2n) is 6.55. The van der Waals surface area contributed by atoms with Gasteiger partial charge in [0.2, 0.25) is 5.91 Å². The van der Waals surface area contributed by atoms with Gasteiger partial charge in [0.05, 0.1) is 17.9 Å². The molecule has 4 nitrogen and oxygen atoms in total. The SMILES string of the molecule is CC[C@H](C)OC(=O)[C@H]1CC=CC[C@@H]1C(=O)Nc1cccc(C)c1C. The lowest BCUT2D eigenvalue weighted by atomic mass is 9.82. The largest absolute Gasteiger partial charge is 0.462 e. The Morgan fingerprint density at radius 2 is 1.88 bits per heavy atom. The molecule has 0 aliphatic heterocycles. The van der Waals surface area contributed by atoms with Gasteiger partial charge >= 0.3 is 5.97 Å². The molecule has 1 N–H and O–H groups in total. The molecule has 1 amide bonds. The summed E-state index contributed by atoms with van der Waals surface area (Å²) in [5, 5.41) is 2.99. The van der Waals surface area contributed by atoms with E-state index in [1.165, 1.54) is 0 Å². The lowest BCUT2D eigenvalue weighted by Gasteiger charge is -2.27. The number of hydrogen-bond acceptors (Lipinski definition) is 3. The second-order valence-corrected chi connectivity index (χ2v) is 6.55. The van der Waals surface area contributed by atoms with E-state index in [0.29, 0.717) is 12.8 Å². The maximum atomic E-state index is 12.7. The fraction of sp³-hybridized carbons (Fsp3) is 0.500. The average Bonchev–Trinajstić information content (AvgIpc) is 2.58. The molecular weight excluding hydrogens is 302 g/mol. The topological polar surface area (TPSA) is 55.4 Å². The van der Waals surface area contributed by atoms with Gasteiger partial charge in [-0.05, 0) is 57.2 Å². The highest BCUT2D eigenvalue weighted by atomic mass is 16.5. The Labute approximate surface area is 144 Å². The number of aryl methyl sites for hydroxylation is 1. The van der Waals surface area contributed by atoms with Gasteiger partial charge in [-0.1, -0.05) is 31.2 Å². The smallest absolute Gasteiger partial charge is 0.310 e. The minimum Gasteiger partial charge on any atom is -0.462 e. The van der Waals surface area contributed by atoms with Crippen molar-refractivity contribution in [2.75, 3.05) is 5.32 Å². The van der Waals surface area contributed by atoms with Crippen molar-refractivity contribution in [3.8, 4) is 0 Å². The predicted molar refractivity (Wildman–Crippen MR) is 95.7 cm³/mol. The van der Waals surface area contributed by atoms with Crippen LogP contribution in [0.25, 0.3) is 0 Å². The number of carbonyl (C=O) groups is 2. The Hall–Kier alpha value is -2.10. The third-order valence-corrected chi connectivity index (χ3v) is 4.83. The van der Waals surface area contributed by atoms with Crippen LogP contribution in [0.1, 0.15) is 44.2 Å². The zero-order chi connectivity index (χ0) is 17.7. The highest BCUT2D eigenvalue weighted by Gasteiger charge is 2.35. The first-order valence-electron chi connectivity index (χ1n) is 8.66. The first-order valence-corrected chi connectivity index (χ1v) is 8.66. The Morgan fingerprint density at radius 3 is 2.54 bits per heavy atom. The van der Waals surface area contributed by atoms with Gasteiger partial charge in [-0.25, -0.2) is 0 Å². The molecule has 0 unspecified atom stereocenters. The molecule has 4 heteroatoms. The van der Waals surface area contributed by atoms with Crippen LogP contribution < -0.4 is 5.32 Å². The van der Waals surface area contributed by atoms with E-state index in [9.17, 15) is 9.59 Å².